The fourth-order valence-electron chi connectivity index (χ4n) is 0. The molecule has 4 N–H and O–H groups in total. The van der Waals surface area contributed by atoms with E-state index in [1.54, 1.807) is 28.4 Å². The third-order valence-electron chi connectivity index (χ3n) is 0. The van der Waals surface area contributed by atoms with E-state index in [4.69, 9.17) is 5.73 Å². The molecule has 27 heavy (non-hydrogen) atoms. The van der Waals surface area contributed by atoms with Crippen LogP contribution in [-0.2, 0) is 9.47 Å². The summed E-state index contributed by atoms with van der Waals surface area (Å²) < 4.78 is 8.50. The number of methoxy groups -OCH3 is 2. The van der Waals surface area contributed by atoms with E-state index in [1.165, 1.54) is 19.9 Å². The second-order valence-corrected chi connectivity index (χ2v) is 2.64. The molecule has 0 unspecified atom stereocenters. The summed E-state index contributed by atoms with van der Waals surface area (Å²) in [4.78, 5) is 0. The minimum atomic E-state index is 0.750. The predicted octanol–water partition coefficient (Wildman–Crippen LogP) is 8.03. The molecule has 4 heteroatoms. The fraction of sp³-hybridized carbons (Fsp3) is 1.00. The largest absolute Gasteiger partial charge is 0.388 e. The van der Waals surface area contributed by atoms with Crippen molar-refractivity contribution in [2.75, 3.05) is 42.0 Å². The normalized spacial score (nSPS) is 4.67. The summed E-state index contributed by atoms with van der Waals surface area (Å²) in [5.41, 5.74) is 9.35. The summed E-state index contributed by atoms with van der Waals surface area (Å²) in [5, 5.41) is 0. The Bertz CT molecular complexity index is 31.9. The minimum absolute atomic E-state index is 0.750. The van der Waals surface area contributed by atoms with Gasteiger partial charge in [0.2, 0.25) is 0 Å². The molecule has 0 fully saturated rings. The molecule has 0 saturated heterocycles. The Labute approximate surface area is 180 Å². The lowest BCUT2D eigenvalue weighted by Gasteiger charge is -1.61. The van der Waals surface area contributed by atoms with Gasteiger partial charge in [-0.15, -0.1) is 0 Å². The van der Waals surface area contributed by atoms with Gasteiger partial charge in [-0.2, -0.15) is 0 Å². The molecule has 0 amide bonds. The highest BCUT2D eigenvalue weighted by atomic mass is 16.5. The zero-order valence-corrected chi connectivity index (χ0v) is 24.1. The van der Waals surface area contributed by atoms with Crippen molar-refractivity contribution in [2.24, 2.45) is 11.5 Å². The topological polar surface area (TPSA) is 70.5 Å². The van der Waals surface area contributed by atoms with Crippen LogP contribution in [0, 0.1) is 0 Å². The first-order valence-corrected chi connectivity index (χ1v) is 11.2. The third-order valence-corrected chi connectivity index (χ3v) is 0. The molecule has 0 spiro atoms. The molecule has 4 nitrogen and oxygen atoms in total. The number of nitrogens with two attached hydrogens (primary N) is 2. The molecule has 0 rings (SSSR count). The van der Waals surface area contributed by atoms with E-state index in [0.29, 0.717) is 0 Å². The summed E-state index contributed by atoms with van der Waals surface area (Å²) in [7, 11) is 8.00. The fourth-order valence-corrected chi connectivity index (χ4v) is 0. The Hall–Kier alpha value is -0.160. The second kappa shape index (κ2) is 681. The Morgan fingerprint density at radius 2 is 0.444 bits per heavy atom. The van der Waals surface area contributed by atoms with Crippen molar-refractivity contribution in [3.63, 3.8) is 0 Å². The van der Waals surface area contributed by atoms with E-state index < -0.39 is 0 Å². The van der Waals surface area contributed by atoms with Gasteiger partial charge in [-0.3, -0.25) is 0 Å². The van der Waals surface area contributed by atoms with Crippen molar-refractivity contribution in [1.82, 2.24) is 0 Å². The highest BCUT2D eigenvalue weighted by Crippen LogP contribution is 1.56. The lowest BCUT2D eigenvalue weighted by Crippen LogP contribution is -1.87. The van der Waals surface area contributed by atoms with Crippen LogP contribution in [0.5, 0.6) is 0 Å². The first-order chi connectivity index (χ1) is 13.1. The summed E-state index contributed by atoms with van der Waals surface area (Å²) in [6.45, 7) is 31.2. The summed E-state index contributed by atoms with van der Waals surface area (Å²) >= 11 is 0. The van der Waals surface area contributed by atoms with Crippen LogP contribution >= 0.6 is 0 Å². The van der Waals surface area contributed by atoms with Crippen molar-refractivity contribution in [3.05, 3.63) is 0 Å². The molecule has 0 aromatic heterocycles. The van der Waals surface area contributed by atoms with Gasteiger partial charge in [-0.05, 0) is 13.6 Å². The van der Waals surface area contributed by atoms with Gasteiger partial charge in [-0.25, -0.2) is 0 Å². The second-order valence-electron chi connectivity index (χ2n) is 2.64. The summed E-state index contributed by atoms with van der Waals surface area (Å²) in [5.74, 6) is 0. The molecule has 0 aliphatic heterocycles. The van der Waals surface area contributed by atoms with Crippen LogP contribution in [0.25, 0.3) is 0 Å². The van der Waals surface area contributed by atoms with E-state index in [9.17, 15) is 0 Å². The van der Waals surface area contributed by atoms with E-state index in [1.807, 2.05) is 76.2 Å². The Kier molecular flexibility index (Phi) is 1800. The lowest BCUT2D eigenvalue weighted by molar-refractivity contribution is 0.277. The molecule has 0 aliphatic rings. The Balaban J connectivity index is -0.0000000117. The minimum Gasteiger partial charge on any atom is -0.388 e. The van der Waals surface area contributed by atoms with Crippen LogP contribution in [0.4, 0.5) is 0 Å². The van der Waals surface area contributed by atoms with Gasteiger partial charge in [0.05, 0.1) is 0 Å². The zero-order valence-electron chi connectivity index (χ0n) is 24.1. The van der Waals surface area contributed by atoms with Crippen LogP contribution in [0.1, 0.15) is 117 Å². The predicted molar refractivity (Wildman–Crippen MR) is 139 cm³/mol. The SMILES string of the molecule is CC.CC.CC.CC.CC.CCC.CCC.CCN.CN.COC.COC. The van der Waals surface area contributed by atoms with Crippen LogP contribution < -0.4 is 11.5 Å². The Morgan fingerprint density at radius 3 is 0.444 bits per heavy atom. The van der Waals surface area contributed by atoms with Gasteiger partial charge in [0.25, 0.3) is 0 Å². The van der Waals surface area contributed by atoms with Crippen molar-refractivity contribution in [2.45, 2.75) is 117 Å². The standard InChI is InChI=1S/2C3H8.C2H7N.2C2H6O.5C2H6.CH5N/c2*1-3-2;1-2-3;2*1-3-2;6*1-2/h2*3H2,1-2H3;2-3H2,1H3;2*1-2H3;5*1-2H3;2H2,1H3. The number of rotatable bonds is 0. The van der Waals surface area contributed by atoms with Crippen LogP contribution in [0.15, 0.2) is 0 Å². The molecule has 0 bridgehead atoms. The monoisotopic (exact) mass is 407 g/mol. The van der Waals surface area contributed by atoms with E-state index in [2.05, 4.69) is 42.9 Å². The molecule has 0 radical (unpaired) electrons. The number of hydrogen-bond acceptors (Lipinski definition) is 4. The summed E-state index contributed by atoms with van der Waals surface area (Å²) in [6, 6.07) is 0. The molecule has 184 valence electrons. The first-order valence-electron chi connectivity index (χ1n) is 11.2. The highest BCUT2D eigenvalue weighted by molar-refractivity contribution is 4.00. The van der Waals surface area contributed by atoms with E-state index >= 15 is 0 Å². The van der Waals surface area contributed by atoms with E-state index in [0.717, 1.165) is 6.54 Å². The van der Waals surface area contributed by atoms with Crippen LogP contribution in [0.3, 0.4) is 0 Å². The van der Waals surface area contributed by atoms with Crippen molar-refractivity contribution in [3.8, 4) is 0 Å². The number of ether oxygens (including phenoxy) is 2. The van der Waals surface area contributed by atoms with Gasteiger partial charge in [0.15, 0.2) is 0 Å². The van der Waals surface area contributed by atoms with Crippen molar-refractivity contribution < 1.29 is 9.47 Å². The third kappa shape index (κ3) is 574000. The average Bonchev–Trinajstić information content (AvgIpc) is 2.74. The molecular weight excluding hydrogens is 336 g/mol. The molecule has 0 heterocycles. The van der Waals surface area contributed by atoms with Gasteiger partial charge >= 0.3 is 0 Å². The zero-order chi connectivity index (χ0) is 25.5. The van der Waals surface area contributed by atoms with Crippen molar-refractivity contribution >= 4 is 0 Å². The lowest BCUT2D eigenvalue weighted by atomic mass is 10.6. The van der Waals surface area contributed by atoms with Gasteiger partial charge in [0.1, 0.15) is 0 Å². The molecular formula is C23H70N2O2. The number of hydrogen-bond donors (Lipinski definition) is 2. The van der Waals surface area contributed by atoms with Crippen LogP contribution in [0.2, 0.25) is 0 Å². The molecule has 0 atom stereocenters. The average molecular weight is 407 g/mol. The van der Waals surface area contributed by atoms with Gasteiger partial charge < -0.3 is 20.9 Å². The molecule has 0 aromatic rings. The molecule has 0 saturated carbocycles. The quantitative estimate of drug-likeness (QED) is 0.427. The maximum atomic E-state index is 4.85. The maximum absolute atomic E-state index is 4.85. The molecule has 0 aliphatic carbocycles. The van der Waals surface area contributed by atoms with Crippen molar-refractivity contribution in [1.29, 1.82) is 0 Å². The smallest absolute Gasteiger partial charge is 0.0351 e. The maximum Gasteiger partial charge on any atom is 0.0351 e. The van der Waals surface area contributed by atoms with Gasteiger partial charge in [-0.1, -0.05) is 117 Å². The van der Waals surface area contributed by atoms with Gasteiger partial charge in [0, 0.05) is 28.4 Å². The Morgan fingerprint density at radius 1 is 0.444 bits per heavy atom. The highest BCUT2D eigenvalue weighted by Gasteiger charge is 1.36. The summed E-state index contributed by atoms with van der Waals surface area (Å²) in [6.07, 6.45) is 2.50. The van der Waals surface area contributed by atoms with E-state index in [-0.39, 0.29) is 0 Å². The first kappa shape index (κ1) is 71.4. The molecule has 0 aromatic carbocycles. The van der Waals surface area contributed by atoms with Crippen LogP contribution in [-0.4, -0.2) is 42.0 Å².